The van der Waals surface area contributed by atoms with Crippen LogP contribution in [0.2, 0.25) is 0 Å². The second-order valence-electron chi connectivity index (χ2n) is 6.27. The Balaban J connectivity index is 1.73. The molecule has 2 aromatic rings. The quantitative estimate of drug-likeness (QED) is 0.764. The Morgan fingerprint density at radius 1 is 1.20 bits per heavy atom. The van der Waals surface area contributed by atoms with E-state index in [9.17, 15) is 4.79 Å². The molecule has 0 amide bonds. The summed E-state index contributed by atoms with van der Waals surface area (Å²) in [6, 6.07) is 4.07. The van der Waals surface area contributed by atoms with E-state index >= 15 is 0 Å². The van der Waals surface area contributed by atoms with Crippen molar-refractivity contribution < 1.29 is 9.53 Å². The topological polar surface area (TPSA) is 58.6 Å². The molecule has 7 heteroatoms. The lowest BCUT2D eigenvalue weighted by Gasteiger charge is -2.35. The predicted molar refractivity (Wildman–Crippen MR) is 101 cm³/mol. The molecule has 0 N–H and O–H groups in total. The van der Waals surface area contributed by atoms with E-state index in [0.717, 1.165) is 37.0 Å². The number of piperazine rings is 1. The van der Waals surface area contributed by atoms with E-state index in [4.69, 9.17) is 9.72 Å². The maximum atomic E-state index is 12.2. The molecule has 1 aliphatic heterocycles. The first-order valence-corrected chi connectivity index (χ1v) is 9.49. The third kappa shape index (κ3) is 3.92. The normalized spacial score (nSPS) is 14.9. The van der Waals surface area contributed by atoms with Crippen LogP contribution < -0.4 is 9.80 Å². The average Bonchev–Trinajstić information content (AvgIpc) is 3.09. The van der Waals surface area contributed by atoms with Crippen LogP contribution in [0.5, 0.6) is 0 Å². The zero-order valence-corrected chi connectivity index (χ0v) is 15.8. The molecular weight excluding hydrogens is 336 g/mol. The van der Waals surface area contributed by atoms with Crippen LogP contribution in [-0.4, -0.2) is 48.7 Å². The molecule has 0 unspecified atom stereocenters. The monoisotopic (exact) mass is 360 g/mol. The Hall–Kier alpha value is -2.15. The van der Waals surface area contributed by atoms with Gasteiger partial charge in [-0.3, -0.25) is 4.98 Å². The number of pyridine rings is 1. The summed E-state index contributed by atoms with van der Waals surface area (Å²) in [6.07, 6.45) is 3.64. The van der Waals surface area contributed by atoms with Crippen LogP contribution in [-0.2, 0) is 4.74 Å². The zero-order chi connectivity index (χ0) is 17.8. The van der Waals surface area contributed by atoms with Gasteiger partial charge in [0.15, 0.2) is 5.13 Å². The van der Waals surface area contributed by atoms with Crippen LogP contribution in [0.1, 0.15) is 42.1 Å². The van der Waals surface area contributed by atoms with Crippen molar-refractivity contribution in [2.45, 2.75) is 26.7 Å². The maximum absolute atomic E-state index is 12.2. The lowest BCUT2D eigenvalue weighted by Crippen LogP contribution is -2.46. The first-order chi connectivity index (χ1) is 12.1. The Morgan fingerprint density at radius 3 is 2.44 bits per heavy atom. The minimum atomic E-state index is -0.259. The number of anilines is 2. The number of carbonyl (C=O) groups excluding carboxylic acids is 1. The second-order valence-corrected chi connectivity index (χ2v) is 7.24. The minimum Gasteiger partial charge on any atom is -0.462 e. The fourth-order valence-corrected chi connectivity index (χ4v) is 4.07. The van der Waals surface area contributed by atoms with E-state index in [0.29, 0.717) is 11.5 Å². The fraction of sp³-hybridized carbons (Fsp3) is 0.500. The summed E-state index contributed by atoms with van der Waals surface area (Å²) in [7, 11) is 0. The number of nitrogens with zero attached hydrogens (tertiary/aromatic N) is 4. The van der Waals surface area contributed by atoms with Gasteiger partial charge in [0.25, 0.3) is 0 Å². The van der Waals surface area contributed by atoms with E-state index in [-0.39, 0.29) is 11.9 Å². The van der Waals surface area contributed by atoms with Crippen molar-refractivity contribution in [1.82, 2.24) is 9.97 Å². The van der Waals surface area contributed by atoms with Gasteiger partial charge in [-0.1, -0.05) is 25.2 Å². The second kappa shape index (κ2) is 7.82. The molecule has 0 saturated carbocycles. The molecule has 3 heterocycles. The van der Waals surface area contributed by atoms with E-state index < -0.39 is 0 Å². The van der Waals surface area contributed by atoms with Crippen molar-refractivity contribution in [2.24, 2.45) is 0 Å². The number of hydrogen-bond acceptors (Lipinski definition) is 7. The number of rotatable bonds is 5. The highest BCUT2D eigenvalue weighted by Gasteiger charge is 2.26. The zero-order valence-electron chi connectivity index (χ0n) is 14.9. The van der Waals surface area contributed by atoms with Crippen molar-refractivity contribution in [3.05, 3.63) is 35.1 Å². The van der Waals surface area contributed by atoms with Crippen LogP contribution in [0, 0.1) is 0 Å². The maximum Gasteiger partial charge on any atom is 0.350 e. The highest BCUT2D eigenvalue weighted by molar-refractivity contribution is 7.17. The van der Waals surface area contributed by atoms with E-state index in [1.165, 1.54) is 17.0 Å². The third-order valence-corrected chi connectivity index (χ3v) is 5.34. The van der Waals surface area contributed by atoms with Crippen LogP contribution in [0.4, 0.5) is 10.8 Å². The van der Waals surface area contributed by atoms with Gasteiger partial charge in [0, 0.05) is 44.3 Å². The summed E-state index contributed by atoms with van der Waals surface area (Å²) in [5, 5.41) is 0.918. The van der Waals surface area contributed by atoms with Gasteiger partial charge in [-0.15, -0.1) is 0 Å². The van der Waals surface area contributed by atoms with Crippen molar-refractivity contribution >= 4 is 28.1 Å². The summed E-state index contributed by atoms with van der Waals surface area (Å²) >= 11 is 1.45. The molecule has 2 aromatic heterocycles. The molecule has 0 spiro atoms. The van der Waals surface area contributed by atoms with E-state index in [2.05, 4.69) is 28.6 Å². The summed E-state index contributed by atoms with van der Waals surface area (Å²) in [5.41, 5.74) is 2.04. The first kappa shape index (κ1) is 17.7. The number of carbonyl (C=O) groups is 1. The number of aromatic nitrogens is 2. The van der Waals surface area contributed by atoms with Gasteiger partial charge in [-0.2, -0.15) is 0 Å². The number of ether oxygens (including phenoxy) is 1. The summed E-state index contributed by atoms with van der Waals surface area (Å²) in [6.45, 7) is 9.95. The van der Waals surface area contributed by atoms with Crippen LogP contribution in [0.3, 0.4) is 0 Å². The molecule has 3 rings (SSSR count). The molecule has 0 radical (unpaired) electrons. The largest absolute Gasteiger partial charge is 0.462 e. The predicted octanol–water partition coefficient (Wildman–Crippen LogP) is 3.16. The highest BCUT2D eigenvalue weighted by Crippen LogP contribution is 2.32. The minimum absolute atomic E-state index is 0.197. The summed E-state index contributed by atoms with van der Waals surface area (Å²) in [4.78, 5) is 26.3. The molecule has 1 aliphatic rings. The summed E-state index contributed by atoms with van der Waals surface area (Å²) in [5.74, 6) is -0.0621. The van der Waals surface area contributed by atoms with Crippen LogP contribution >= 0.6 is 11.3 Å². The van der Waals surface area contributed by atoms with Gasteiger partial charge in [-0.05, 0) is 25.0 Å². The Labute approximate surface area is 152 Å². The lowest BCUT2D eigenvalue weighted by molar-refractivity contribution is 0.0530. The van der Waals surface area contributed by atoms with Gasteiger partial charge in [0.2, 0.25) is 0 Å². The van der Waals surface area contributed by atoms with Crippen molar-refractivity contribution in [3.8, 4) is 0 Å². The van der Waals surface area contributed by atoms with Crippen molar-refractivity contribution in [3.63, 3.8) is 0 Å². The van der Waals surface area contributed by atoms with Gasteiger partial charge in [0.1, 0.15) is 4.88 Å². The van der Waals surface area contributed by atoms with Gasteiger partial charge >= 0.3 is 5.97 Å². The molecule has 6 nitrogen and oxygen atoms in total. The highest BCUT2D eigenvalue weighted by atomic mass is 32.1. The van der Waals surface area contributed by atoms with Crippen LogP contribution in [0.15, 0.2) is 24.5 Å². The average molecular weight is 360 g/mol. The molecule has 25 heavy (non-hydrogen) atoms. The van der Waals surface area contributed by atoms with Crippen LogP contribution in [0.25, 0.3) is 0 Å². The Kier molecular flexibility index (Phi) is 5.53. The standard InChI is InChI=1S/C18H24N4O2S/c1-4-24-17(23)16-15(13(2)3)20-18(25-16)22-11-9-21(10-12-22)14-5-7-19-8-6-14/h5-8,13H,4,9-12H2,1-3H3. The van der Waals surface area contributed by atoms with Crippen molar-refractivity contribution in [1.29, 1.82) is 0 Å². The van der Waals surface area contributed by atoms with Gasteiger partial charge in [-0.25, -0.2) is 9.78 Å². The molecule has 1 fully saturated rings. The first-order valence-electron chi connectivity index (χ1n) is 8.68. The number of esters is 1. The van der Waals surface area contributed by atoms with Crippen molar-refractivity contribution in [2.75, 3.05) is 42.6 Å². The number of thiazole rings is 1. The SMILES string of the molecule is CCOC(=O)c1sc(N2CCN(c3ccncc3)CC2)nc1C(C)C. The lowest BCUT2D eigenvalue weighted by atomic mass is 10.1. The molecule has 0 aliphatic carbocycles. The molecule has 1 saturated heterocycles. The molecule has 0 atom stereocenters. The smallest absolute Gasteiger partial charge is 0.350 e. The van der Waals surface area contributed by atoms with E-state index in [1.807, 2.05) is 31.5 Å². The van der Waals surface area contributed by atoms with Gasteiger partial charge < -0.3 is 14.5 Å². The molecule has 0 aromatic carbocycles. The molecule has 134 valence electrons. The summed E-state index contributed by atoms with van der Waals surface area (Å²) < 4.78 is 5.19. The molecular formula is C18H24N4O2S. The third-order valence-electron chi connectivity index (χ3n) is 4.23. The van der Waals surface area contributed by atoms with E-state index in [1.54, 1.807) is 0 Å². The fourth-order valence-electron chi connectivity index (χ4n) is 2.90. The van der Waals surface area contributed by atoms with Gasteiger partial charge in [0.05, 0.1) is 12.3 Å². The number of hydrogen-bond donors (Lipinski definition) is 0. The molecule has 0 bridgehead atoms. The Morgan fingerprint density at radius 2 is 1.84 bits per heavy atom. The Bertz CT molecular complexity index is 709.